The highest BCUT2D eigenvalue weighted by Gasteiger charge is 2.16. The van der Waals surface area contributed by atoms with Crippen LogP contribution < -0.4 is 10.5 Å². The van der Waals surface area contributed by atoms with E-state index in [4.69, 9.17) is 11.1 Å². The second-order valence-electron chi connectivity index (χ2n) is 4.38. The Bertz CT molecular complexity index is 755. The second-order valence-corrected chi connectivity index (χ2v) is 6.06. The van der Waals surface area contributed by atoms with E-state index in [1.54, 1.807) is 36.4 Å². The molecule has 0 atom stereocenters. The van der Waals surface area contributed by atoms with E-state index in [1.165, 1.54) is 6.07 Å². The summed E-state index contributed by atoms with van der Waals surface area (Å²) >= 11 is 0. The van der Waals surface area contributed by atoms with E-state index in [0.29, 0.717) is 11.3 Å². The number of hydrogen-bond donors (Lipinski definition) is 3. The van der Waals surface area contributed by atoms with E-state index in [0.717, 1.165) is 5.56 Å². The van der Waals surface area contributed by atoms with Gasteiger partial charge in [-0.2, -0.15) is 0 Å². The molecular weight excluding hydrogens is 274 g/mol. The first-order valence-electron chi connectivity index (χ1n) is 5.93. The summed E-state index contributed by atoms with van der Waals surface area (Å²) in [6.45, 7) is 1.82. The molecule has 4 N–H and O–H groups in total. The molecule has 0 saturated carbocycles. The first kappa shape index (κ1) is 14.1. The molecule has 0 aliphatic heterocycles. The summed E-state index contributed by atoms with van der Waals surface area (Å²) in [5.74, 6) is -0.187. The van der Waals surface area contributed by atoms with Crippen LogP contribution in [-0.2, 0) is 10.0 Å². The van der Waals surface area contributed by atoms with Gasteiger partial charge in [-0.1, -0.05) is 24.3 Å². The highest BCUT2D eigenvalue weighted by Crippen LogP contribution is 2.20. The lowest BCUT2D eigenvalue weighted by atomic mass is 10.2. The van der Waals surface area contributed by atoms with E-state index < -0.39 is 10.0 Å². The van der Waals surface area contributed by atoms with Gasteiger partial charge < -0.3 is 5.73 Å². The molecule has 20 heavy (non-hydrogen) atoms. The zero-order chi connectivity index (χ0) is 14.8. The molecule has 0 aliphatic carbocycles. The largest absolute Gasteiger partial charge is 0.384 e. The van der Waals surface area contributed by atoms with Gasteiger partial charge in [0.15, 0.2) is 0 Å². The van der Waals surface area contributed by atoms with Crippen LogP contribution >= 0.6 is 0 Å². The maximum atomic E-state index is 12.3. The van der Waals surface area contributed by atoms with Gasteiger partial charge in [-0.15, -0.1) is 0 Å². The third-order valence-electron chi connectivity index (χ3n) is 2.76. The molecule has 2 aromatic carbocycles. The molecule has 0 saturated heterocycles. The molecule has 0 bridgehead atoms. The molecule has 5 nitrogen and oxygen atoms in total. The summed E-state index contributed by atoms with van der Waals surface area (Å²) in [6.07, 6.45) is 0. The van der Waals surface area contributed by atoms with Gasteiger partial charge in [0.2, 0.25) is 0 Å². The minimum absolute atomic E-state index is 0.177. The fraction of sp³-hybridized carbons (Fsp3) is 0.0714. The van der Waals surface area contributed by atoms with Crippen molar-refractivity contribution in [3.8, 4) is 0 Å². The topological polar surface area (TPSA) is 96.0 Å². The van der Waals surface area contributed by atoms with Gasteiger partial charge in [-0.05, 0) is 36.8 Å². The fourth-order valence-electron chi connectivity index (χ4n) is 1.79. The number of benzene rings is 2. The van der Waals surface area contributed by atoms with Crippen molar-refractivity contribution in [2.45, 2.75) is 11.8 Å². The molecule has 0 unspecified atom stereocenters. The number of rotatable bonds is 4. The minimum atomic E-state index is -3.69. The van der Waals surface area contributed by atoms with Gasteiger partial charge in [0.05, 0.1) is 10.6 Å². The Morgan fingerprint density at radius 3 is 2.50 bits per heavy atom. The predicted molar refractivity (Wildman–Crippen MR) is 79.4 cm³/mol. The molecule has 0 radical (unpaired) electrons. The summed E-state index contributed by atoms with van der Waals surface area (Å²) in [4.78, 5) is 0.177. The lowest BCUT2D eigenvalue weighted by Gasteiger charge is -2.12. The molecule has 6 heteroatoms. The van der Waals surface area contributed by atoms with Gasteiger partial charge in [-0.25, -0.2) is 8.42 Å². The molecule has 0 heterocycles. The summed E-state index contributed by atoms with van der Waals surface area (Å²) in [7, 11) is -3.69. The third-order valence-corrected chi connectivity index (χ3v) is 4.12. The van der Waals surface area contributed by atoms with Crippen LogP contribution in [0.25, 0.3) is 0 Å². The van der Waals surface area contributed by atoms with Crippen molar-refractivity contribution in [2.75, 3.05) is 4.72 Å². The van der Waals surface area contributed by atoms with E-state index in [1.807, 2.05) is 13.0 Å². The number of hydrogen-bond acceptors (Lipinski definition) is 3. The fourth-order valence-corrected chi connectivity index (χ4v) is 2.98. The van der Waals surface area contributed by atoms with Crippen LogP contribution in [0.3, 0.4) is 0 Å². The van der Waals surface area contributed by atoms with Gasteiger partial charge in [0, 0.05) is 5.56 Å². The molecule has 0 spiro atoms. The summed E-state index contributed by atoms with van der Waals surface area (Å²) in [5, 5.41) is 7.47. The Morgan fingerprint density at radius 2 is 1.85 bits per heavy atom. The smallest absolute Gasteiger partial charge is 0.261 e. The van der Waals surface area contributed by atoms with E-state index >= 15 is 0 Å². The molecule has 0 aliphatic rings. The van der Waals surface area contributed by atoms with Gasteiger partial charge in [0.1, 0.15) is 5.84 Å². The van der Waals surface area contributed by atoms with E-state index in [-0.39, 0.29) is 10.7 Å². The SMILES string of the molecule is Cc1cccc(S(=O)(=O)Nc2ccccc2C(=N)N)c1. The molecule has 2 rings (SSSR count). The third kappa shape index (κ3) is 2.97. The molecule has 104 valence electrons. The predicted octanol–water partition coefficient (Wildman–Crippen LogP) is 2.08. The van der Waals surface area contributed by atoms with Crippen molar-refractivity contribution in [3.63, 3.8) is 0 Å². The highest BCUT2D eigenvalue weighted by molar-refractivity contribution is 7.92. The number of anilines is 1. The maximum absolute atomic E-state index is 12.3. The van der Waals surface area contributed by atoms with Crippen molar-refractivity contribution in [3.05, 3.63) is 59.7 Å². The lowest BCUT2D eigenvalue weighted by molar-refractivity contribution is 0.601. The van der Waals surface area contributed by atoms with Crippen LogP contribution in [0.5, 0.6) is 0 Å². The number of nitrogens with two attached hydrogens (primary N) is 1. The normalized spacial score (nSPS) is 11.1. The van der Waals surface area contributed by atoms with Crippen LogP contribution in [0.1, 0.15) is 11.1 Å². The number of amidine groups is 1. The maximum Gasteiger partial charge on any atom is 0.261 e. The monoisotopic (exact) mass is 289 g/mol. The van der Waals surface area contributed by atoms with Crippen molar-refractivity contribution in [1.29, 1.82) is 5.41 Å². The lowest BCUT2D eigenvalue weighted by Crippen LogP contribution is -2.18. The quantitative estimate of drug-likeness (QED) is 0.594. The zero-order valence-corrected chi connectivity index (χ0v) is 11.7. The number of sulfonamides is 1. The average Bonchev–Trinajstić information content (AvgIpc) is 2.38. The van der Waals surface area contributed by atoms with E-state index in [9.17, 15) is 8.42 Å². The van der Waals surface area contributed by atoms with Crippen LogP contribution in [0.2, 0.25) is 0 Å². The van der Waals surface area contributed by atoms with Crippen LogP contribution in [0, 0.1) is 12.3 Å². The average molecular weight is 289 g/mol. The van der Waals surface area contributed by atoms with Gasteiger partial charge in [0.25, 0.3) is 10.0 Å². The van der Waals surface area contributed by atoms with Crippen molar-refractivity contribution in [1.82, 2.24) is 0 Å². The first-order chi connectivity index (χ1) is 9.40. The number of nitrogens with one attached hydrogen (secondary N) is 2. The van der Waals surface area contributed by atoms with Gasteiger partial charge in [-0.3, -0.25) is 10.1 Å². The summed E-state index contributed by atoms with van der Waals surface area (Å²) < 4.78 is 27.1. The van der Waals surface area contributed by atoms with Crippen LogP contribution in [0.4, 0.5) is 5.69 Å². The Labute approximate surface area is 118 Å². The Morgan fingerprint density at radius 1 is 1.15 bits per heavy atom. The minimum Gasteiger partial charge on any atom is -0.384 e. The highest BCUT2D eigenvalue weighted by atomic mass is 32.2. The Kier molecular flexibility index (Phi) is 3.76. The zero-order valence-electron chi connectivity index (χ0n) is 10.9. The number of nitrogen functional groups attached to an aromatic ring is 1. The van der Waals surface area contributed by atoms with Crippen molar-refractivity contribution in [2.24, 2.45) is 5.73 Å². The van der Waals surface area contributed by atoms with Crippen LogP contribution in [-0.4, -0.2) is 14.3 Å². The molecular formula is C14H15N3O2S. The van der Waals surface area contributed by atoms with E-state index in [2.05, 4.69) is 4.72 Å². The molecule has 0 fully saturated rings. The van der Waals surface area contributed by atoms with Crippen molar-refractivity contribution >= 4 is 21.5 Å². The Balaban J connectivity index is 2.41. The van der Waals surface area contributed by atoms with Crippen LogP contribution in [0.15, 0.2) is 53.4 Å². The second kappa shape index (κ2) is 5.34. The molecule has 0 aromatic heterocycles. The number of para-hydroxylation sites is 1. The van der Waals surface area contributed by atoms with Gasteiger partial charge >= 0.3 is 0 Å². The summed E-state index contributed by atoms with van der Waals surface area (Å²) in [6, 6.07) is 13.1. The summed E-state index contributed by atoms with van der Waals surface area (Å²) in [5.41, 5.74) is 6.94. The first-order valence-corrected chi connectivity index (χ1v) is 7.41. The standard InChI is InChI=1S/C14H15N3O2S/c1-10-5-4-6-11(9-10)20(18,19)17-13-8-3-2-7-12(13)14(15)16/h2-9,17H,1H3,(H3,15,16). The molecule has 0 amide bonds. The Hall–Kier alpha value is -2.34. The molecule has 2 aromatic rings. The van der Waals surface area contributed by atoms with Crippen molar-refractivity contribution < 1.29 is 8.42 Å². The number of aryl methyl sites for hydroxylation is 1.